The number of alkyl halides is 3. The average molecular weight is 462 g/mol. The normalized spacial score (nSPS) is 17.9. The maximum Gasteiger partial charge on any atom is 0.408 e. The number of aryl methyl sites for hydroxylation is 1. The highest BCUT2D eigenvalue weighted by Crippen LogP contribution is 2.38. The van der Waals surface area contributed by atoms with Crippen LogP contribution in [0.4, 0.5) is 18.9 Å². The summed E-state index contributed by atoms with van der Waals surface area (Å²) in [6.07, 6.45) is -1.41. The van der Waals surface area contributed by atoms with Crippen molar-refractivity contribution in [2.75, 3.05) is 18.1 Å². The van der Waals surface area contributed by atoms with E-state index in [1.165, 1.54) is 6.92 Å². The van der Waals surface area contributed by atoms with Crippen LogP contribution in [0, 0.1) is 6.92 Å². The lowest BCUT2D eigenvalue weighted by Crippen LogP contribution is -2.35. The van der Waals surface area contributed by atoms with E-state index in [-0.39, 0.29) is 17.3 Å². The minimum Gasteiger partial charge on any atom is -0.491 e. The lowest BCUT2D eigenvalue weighted by atomic mass is 10.1. The number of nitrogens with zero attached hydrogens (tertiary/aromatic N) is 6. The summed E-state index contributed by atoms with van der Waals surface area (Å²) in [6.45, 7) is 1.69. The predicted octanol–water partition coefficient (Wildman–Crippen LogP) is 3.13. The Hall–Kier alpha value is -3.57. The highest BCUT2D eigenvalue weighted by atomic mass is 19.4. The molecule has 5 rings (SSSR count). The summed E-state index contributed by atoms with van der Waals surface area (Å²) in [5, 5.41) is 13.4. The van der Waals surface area contributed by atoms with Crippen LogP contribution in [0.3, 0.4) is 0 Å². The Bertz CT molecular complexity index is 1220. The second-order valence-electron chi connectivity index (χ2n) is 8.12. The summed E-state index contributed by atoms with van der Waals surface area (Å²) in [7, 11) is 0. The molecule has 174 valence electrons. The summed E-state index contributed by atoms with van der Waals surface area (Å²) in [5.74, 6) is 0.504. The minimum absolute atomic E-state index is 0.0471. The van der Waals surface area contributed by atoms with Gasteiger partial charge in [0.05, 0.1) is 12.1 Å². The van der Waals surface area contributed by atoms with Crippen molar-refractivity contribution in [1.29, 1.82) is 0 Å². The van der Waals surface area contributed by atoms with Gasteiger partial charge in [0, 0.05) is 24.5 Å². The number of halogens is 3. The number of imidazole rings is 1. The van der Waals surface area contributed by atoms with E-state index in [9.17, 15) is 23.1 Å². The van der Waals surface area contributed by atoms with E-state index in [1.54, 1.807) is 12.3 Å². The van der Waals surface area contributed by atoms with Crippen LogP contribution in [0.2, 0.25) is 0 Å². The first-order chi connectivity index (χ1) is 15.7. The van der Waals surface area contributed by atoms with Gasteiger partial charge in [-0.3, -0.25) is 0 Å². The zero-order valence-corrected chi connectivity index (χ0v) is 17.7. The number of anilines is 1. The molecule has 1 atom stereocenters. The maximum atomic E-state index is 13.0. The maximum absolute atomic E-state index is 13.0. The average Bonchev–Trinajstić information content (AvgIpc) is 3.43. The fourth-order valence-electron chi connectivity index (χ4n) is 4.41. The van der Waals surface area contributed by atoms with Crippen molar-refractivity contribution in [3.8, 4) is 28.7 Å². The highest BCUT2D eigenvalue weighted by molar-refractivity contribution is 5.80. The van der Waals surface area contributed by atoms with Gasteiger partial charge in [-0.1, -0.05) is 0 Å². The number of carboxylic acids is 1. The summed E-state index contributed by atoms with van der Waals surface area (Å²) >= 11 is 0. The molecule has 2 aliphatic rings. The van der Waals surface area contributed by atoms with E-state index in [4.69, 9.17) is 4.74 Å². The SMILES string of the molecule is Cc1nc(-c2cn3c(n2)-c2ccc(N4CCC[C@H]4C(=O)O)cc2OCC3)n(CC(F)(F)F)n1. The van der Waals surface area contributed by atoms with E-state index in [1.807, 2.05) is 21.6 Å². The fraction of sp³-hybridized carbons (Fsp3) is 0.429. The van der Waals surface area contributed by atoms with Crippen LogP contribution in [0.1, 0.15) is 18.7 Å². The third-order valence-electron chi connectivity index (χ3n) is 5.78. The molecule has 33 heavy (non-hydrogen) atoms. The number of hydrogen-bond donors (Lipinski definition) is 1. The smallest absolute Gasteiger partial charge is 0.408 e. The van der Waals surface area contributed by atoms with Gasteiger partial charge in [-0.2, -0.15) is 18.3 Å². The Balaban J connectivity index is 1.52. The van der Waals surface area contributed by atoms with Crippen molar-refractivity contribution in [3.05, 3.63) is 30.2 Å². The second-order valence-corrected chi connectivity index (χ2v) is 8.12. The Morgan fingerprint density at radius 3 is 2.82 bits per heavy atom. The zero-order valence-electron chi connectivity index (χ0n) is 17.7. The molecule has 0 aliphatic carbocycles. The number of fused-ring (bicyclic) bond motifs is 3. The molecule has 2 aliphatic heterocycles. The Labute approximate surface area is 186 Å². The summed E-state index contributed by atoms with van der Waals surface area (Å²) in [4.78, 5) is 22.2. The molecule has 0 amide bonds. The highest BCUT2D eigenvalue weighted by Gasteiger charge is 2.33. The standard InChI is InChI=1S/C21H21F3N6O3/c1-12-25-19(30(27-12)11-21(22,23)24)15-10-28-7-8-33-17-9-13(4-5-14(17)18(28)26-15)29-6-2-3-16(29)20(31)32/h4-5,9-10,16H,2-3,6-8,11H2,1H3,(H,31,32)/t16-/m0/s1. The molecule has 4 heterocycles. The molecule has 2 aromatic heterocycles. The predicted molar refractivity (Wildman–Crippen MR) is 111 cm³/mol. The van der Waals surface area contributed by atoms with Crippen molar-refractivity contribution >= 4 is 11.7 Å². The molecule has 0 spiro atoms. The van der Waals surface area contributed by atoms with Crippen molar-refractivity contribution in [3.63, 3.8) is 0 Å². The topological polar surface area (TPSA) is 98.3 Å². The summed E-state index contributed by atoms with van der Waals surface area (Å²) in [6, 6.07) is 4.85. The van der Waals surface area contributed by atoms with E-state index in [2.05, 4.69) is 15.1 Å². The fourth-order valence-corrected chi connectivity index (χ4v) is 4.41. The molecule has 9 nitrogen and oxygen atoms in total. The van der Waals surface area contributed by atoms with E-state index >= 15 is 0 Å². The zero-order chi connectivity index (χ0) is 23.3. The van der Waals surface area contributed by atoms with Crippen LogP contribution < -0.4 is 9.64 Å². The Morgan fingerprint density at radius 2 is 2.06 bits per heavy atom. The number of rotatable bonds is 4. The van der Waals surface area contributed by atoms with E-state index < -0.39 is 24.7 Å². The molecule has 1 fully saturated rings. The van der Waals surface area contributed by atoms with Crippen molar-refractivity contribution in [2.24, 2.45) is 0 Å². The Morgan fingerprint density at radius 1 is 1.24 bits per heavy atom. The molecule has 1 N–H and O–H groups in total. The second kappa shape index (κ2) is 7.78. The van der Waals surface area contributed by atoms with Gasteiger partial charge in [0.1, 0.15) is 42.3 Å². The monoisotopic (exact) mass is 462 g/mol. The van der Waals surface area contributed by atoms with Crippen molar-refractivity contribution in [1.82, 2.24) is 24.3 Å². The van der Waals surface area contributed by atoms with Crippen molar-refractivity contribution < 1.29 is 27.8 Å². The number of benzene rings is 1. The van der Waals surface area contributed by atoms with Gasteiger partial charge in [-0.15, -0.1) is 0 Å². The van der Waals surface area contributed by atoms with E-state index in [0.29, 0.717) is 43.3 Å². The van der Waals surface area contributed by atoms with Gasteiger partial charge in [0.2, 0.25) is 0 Å². The molecule has 3 aromatic rings. The molecule has 0 radical (unpaired) electrons. The lowest BCUT2D eigenvalue weighted by molar-refractivity contribution is -0.142. The van der Waals surface area contributed by atoms with Gasteiger partial charge in [0.15, 0.2) is 5.82 Å². The molecule has 0 saturated carbocycles. The largest absolute Gasteiger partial charge is 0.491 e. The molecule has 12 heteroatoms. The molecule has 1 saturated heterocycles. The van der Waals surface area contributed by atoms with Crippen molar-refractivity contribution in [2.45, 2.75) is 45.1 Å². The number of ether oxygens (including phenoxy) is 1. The first-order valence-electron chi connectivity index (χ1n) is 10.5. The quantitative estimate of drug-likeness (QED) is 0.636. The molecule has 1 aromatic carbocycles. The molecule has 0 unspecified atom stereocenters. The summed E-state index contributed by atoms with van der Waals surface area (Å²) in [5.41, 5.74) is 1.71. The van der Waals surface area contributed by atoms with Crippen LogP contribution in [0.25, 0.3) is 22.9 Å². The van der Waals surface area contributed by atoms with Gasteiger partial charge >= 0.3 is 12.1 Å². The third kappa shape index (κ3) is 4.00. The van der Waals surface area contributed by atoms with Crippen LogP contribution in [0.15, 0.2) is 24.4 Å². The number of carboxylic acid groups (broad SMARTS) is 1. The number of carbonyl (C=O) groups is 1. The van der Waals surface area contributed by atoms with Gasteiger partial charge in [0.25, 0.3) is 0 Å². The van der Waals surface area contributed by atoms with Gasteiger partial charge in [-0.05, 0) is 31.9 Å². The van der Waals surface area contributed by atoms with Gasteiger partial charge < -0.3 is 19.3 Å². The first kappa shape index (κ1) is 21.3. The molecular weight excluding hydrogens is 441 g/mol. The molecule has 0 bridgehead atoms. The summed E-state index contributed by atoms with van der Waals surface area (Å²) < 4.78 is 47.5. The van der Waals surface area contributed by atoms with Crippen LogP contribution in [0.5, 0.6) is 5.75 Å². The molecular formula is C21H21F3N6O3. The Kier molecular flexibility index (Phi) is 5.02. The van der Waals surface area contributed by atoms with Crippen LogP contribution in [-0.4, -0.2) is 60.8 Å². The first-order valence-corrected chi connectivity index (χ1v) is 10.5. The van der Waals surface area contributed by atoms with Crippen LogP contribution in [-0.2, 0) is 17.9 Å². The van der Waals surface area contributed by atoms with E-state index in [0.717, 1.165) is 16.8 Å². The number of hydrogen-bond acceptors (Lipinski definition) is 6. The lowest BCUT2D eigenvalue weighted by Gasteiger charge is -2.24. The van der Waals surface area contributed by atoms with Crippen LogP contribution >= 0.6 is 0 Å². The minimum atomic E-state index is -4.44. The number of aromatic nitrogens is 5. The van der Waals surface area contributed by atoms with Gasteiger partial charge in [-0.25, -0.2) is 19.4 Å². The third-order valence-corrected chi connectivity index (χ3v) is 5.78. The number of aliphatic carboxylic acids is 1.